The molecule has 1 aromatic carbocycles. The van der Waals surface area contributed by atoms with Crippen LogP contribution in [-0.2, 0) is 16.6 Å². The van der Waals surface area contributed by atoms with Crippen molar-refractivity contribution in [2.24, 2.45) is 0 Å². The van der Waals surface area contributed by atoms with Crippen molar-refractivity contribution in [1.82, 2.24) is 14.7 Å². The summed E-state index contributed by atoms with van der Waals surface area (Å²) in [7, 11) is -3.64. The Morgan fingerprint density at radius 3 is 2.61 bits per heavy atom. The maximum Gasteiger partial charge on any atom is 0.259 e. The molecule has 0 aliphatic carbocycles. The van der Waals surface area contributed by atoms with Crippen molar-refractivity contribution in [1.29, 1.82) is 0 Å². The Morgan fingerprint density at radius 1 is 1.22 bits per heavy atom. The molecule has 0 aliphatic rings. The molecule has 2 aromatic heterocycles. The number of nitrogens with zero attached hydrogens (tertiary/aromatic N) is 1. The third-order valence-electron chi connectivity index (χ3n) is 3.57. The van der Waals surface area contributed by atoms with Gasteiger partial charge in [-0.1, -0.05) is 18.2 Å². The minimum atomic E-state index is -3.64. The summed E-state index contributed by atoms with van der Waals surface area (Å²) < 4.78 is 26.8. The van der Waals surface area contributed by atoms with E-state index in [9.17, 15) is 13.2 Å². The lowest BCUT2D eigenvalue weighted by Crippen LogP contribution is -2.25. The van der Waals surface area contributed by atoms with Crippen LogP contribution < -0.4 is 10.3 Å². The van der Waals surface area contributed by atoms with Gasteiger partial charge < -0.3 is 4.98 Å². The van der Waals surface area contributed by atoms with Crippen LogP contribution >= 0.6 is 11.3 Å². The Morgan fingerprint density at radius 2 is 1.91 bits per heavy atom. The quantitative estimate of drug-likeness (QED) is 0.754. The predicted octanol–water partition coefficient (Wildman–Crippen LogP) is 2.08. The Balaban J connectivity index is 1.90. The van der Waals surface area contributed by atoms with Gasteiger partial charge in [-0.3, -0.25) is 4.79 Å². The van der Waals surface area contributed by atoms with Gasteiger partial charge in [-0.05, 0) is 31.5 Å². The first-order valence-electron chi connectivity index (χ1n) is 6.92. The second-order valence-corrected chi connectivity index (χ2v) is 8.08. The summed E-state index contributed by atoms with van der Waals surface area (Å²) in [5.41, 5.74) is 0.668. The Labute approximate surface area is 137 Å². The van der Waals surface area contributed by atoms with Gasteiger partial charge in [-0.25, -0.2) is 18.1 Å². The number of thiophene rings is 1. The smallest absolute Gasteiger partial charge is 0.259 e. The molecule has 0 atom stereocenters. The molecule has 0 saturated heterocycles. The molecule has 0 amide bonds. The van der Waals surface area contributed by atoms with E-state index in [2.05, 4.69) is 14.7 Å². The molecule has 0 unspecified atom stereocenters. The van der Waals surface area contributed by atoms with E-state index < -0.39 is 10.0 Å². The molecule has 2 N–H and O–H groups in total. The normalized spacial score (nSPS) is 11.9. The number of hydrogen-bond donors (Lipinski definition) is 2. The number of fused-ring (bicyclic) bond motifs is 1. The standard InChI is InChI=1S/C15H15N3O3S2/c1-9-10(2)22-15-13(9)14(19)17-12(18-15)8-16-23(20,21)11-6-4-3-5-7-11/h3-7,16H,8H2,1-2H3,(H,17,18,19). The zero-order chi connectivity index (χ0) is 16.6. The summed E-state index contributed by atoms with van der Waals surface area (Å²) >= 11 is 1.43. The van der Waals surface area contributed by atoms with E-state index in [0.717, 1.165) is 10.4 Å². The second kappa shape index (κ2) is 5.88. The minimum absolute atomic E-state index is 0.0710. The number of sulfonamides is 1. The number of aromatic amines is 1. The number of rotatable bonds is 4. The van der Waals surface area contributed by atoms with Gasteiger partial charge in [0, 0.05) is 4.88 Å². The molecule has 23 heavy (non-hydrogen) atoms. The summed E-state index contributed by atoms with van der Waals surface area (Å²) in [6, 6.07) is 8.06. The molecular formula is C15H15N3O3S2. The van der Waals surface area contributed by atoms with Crippen molar-refractivity contribution < 1.29 is 8.42 Å². The van der Waals surface area contributed by atoms with Crippen LogP contribution in [0, 0.1) is 13.8 Å². The molecule has 0 radical (unpaired) electrons. The number of benzene rings is 1. The van der Waals surface area contributed by atoms with E-state index in [4.69, 9.17) is 0 Å². The molecule has 2 heterocycles. The first kappa shape index (κ1) is 15.9. The maximum atomic E-state index is 12.2. The first-order chi connectivity index (χ1) is 10.9. The fraction of sp³-hybridized carbons (Fsp3) is 0.200. The zero-order valence-corrected chi connectivity index (χ0v) is 14.2. The van der Waals surface area contributed by atoms with Crippen molar-refractivity contribution in [2.75, 3.05) is 0 Å². The molecule has 120 valence electrons. The molecular weight excluding hydrogens is 334 g/mol. The molecule has 0 aliphatic heterocycles. The second-order valence-electron chi connectivity index (χ2n) is 5.11. The monoisotopic (exact) mass is 349 g/mol. The third kappa shape index (κ3) is 3.05. The highest BCUT2D eigenvalue weighted by molar-refractivity contribution is 7.89. The predicted molar refractivity (Wildman–Crippen MR) is 90.2 cm³/mol. The number of hydrogen-bond acceptors (Lipinski definition) is 5. The van der Waals surface area contributed by atoms with Crippen LogP contribution in [0.2, 0.25) is 0 Å². The average molecular weight is 349 g/mol. The van der Waals surface area contributed by atoms with Gasteiger partial charge >= 0.3 is 0 Å². The SMILES string of the molecule is Cc1sc2nc(CNS(=O)(=O)c3ccccc3)[nH]c(=O)c2c1C. The van der Waals surface area contributed by atoms with E-state index >= 15 is 0 Å². The van der Waals surface area contributed by atoms with Crippen LogP contribution in [0.1, 0.15) is 16.3 Å². The number of H-pyrrole nitrogens is 1. The Bertz CT molecular complexity index is 1020. The molecule has 6 nitrogen and oxygen atoms in total. The minimum Gasteiger partial charge on any atom is -0.309 e. The fourth-order valence-corrected chi connectivity index (χ4v) is 4.29. The molecule has 0 saturated carbocycles. The van der Waals surface area contributed by atoms with Gasteiger partial charge in [0.15, 0.2) is 0 Å². The highest BCUT2D eigenvalue weighted by Gasteiger charge is 2.15. The van der Waals surface area contributed by atoms with Gasteiger partial charge in [0.1, 0.15) is 10.7 Å². The van der Waals surface area contributed by atoms with E-state index in [1.807, 2.05) is 13.8 Å². The fourth-order valence-electron chi connectivity index (χ4n) is 2.23. The van der Waals surface area contributed by atoms with Crippen LogP contribution in [0.4, 0.5) is 0 Å². The van der Waals surface area contributed by atoms with Crippen molar-refractivity contribution in [2.45, 2.75) is 25.3 Å². The average Bonchev–Trinajstić information content (AvgIpc) is 2.81. The molecule has 8 heteroatoms. The lowest BCUT2D eigenvalue weighted by Gasteiger charge is -2.06. The largest absolute Gasteiger partial charge is 0.309 e. The van der Waals surface area contributed by atoms with Crippen LogP contribution in [0.15, 0.2) is 40.0 Å². The van der Waals surface area contributed by atoms with Gasteiger partial charge in [0.2, 0.25) is 10.0 Å². The van der Waals surface area contributed by atoms with Crippen molar-refractivity contribution in [3.05, 3.63) is 57.0 Å². The van der Waals surface area contributed by atoms with Crippen molar-refractivity contribution in [3.8, 4) is 0 Å². The van der Waals surface area contributed by atoms with Crippen molar-refractivity contribution in [3.63, 3.8) is 0 Å². The highest BCUT2D eigenvalue weighted by Crippen LogP contribution is 2.25. The summed E-state index contributed by atoms with van der Waals surface area (Å²) in [5.74, 6) is 0.295. The van der Waals surface area contributed by atoms with Crippen LogP contribution in [0.5, 0.6) is 0 Å². The van der Waals surface area contributed by atoms with E-state index in [1.54, 1.807) is 18.2 Å². The molecule has 0 fully saturated rings. The first-order valence-corrected chi connectivity index (χ1v) is 9.22. The lowest BCUT2D eigenvalue weighted by atomic mass is 10.2. The molecule has 3 rings (SSSR count). The van der Waals surface area contributed by atoms with Gasteiger partial charge in [-0.2, -0.15) is 0 Å². The van der Waals surface area contributed by atoms with E-state index in [0.29, 0.717) is 16.0 Å². The Hall–Kier alpha value is -2.03. The number of nitrogens with one attached hydrogen (secondary N) is 2. The van der Waals surface area contributed by atoms with Gasteiger partial charge in [0.25, 0.3) is 5.56 Å². The topological polar surface area (TPSA) is 91.9 Å². The third-order valence-corrected chi connectivity index (χ3v) is 6.09. The number of aromatic nitrogens is 2. The van der Waals surface area contributed by atoms with Gasteiger partial charge in [0.05, 0.1) is 16.8 Å². The summed E-state index contributed by atoms with van der Waals surface area (Å²) in [6.45, 7) is 3.74. The molecule has 0 spiro atoms. The highest BCUT2D eigenvalue weighted by atomic mass is 32.2. The van der Waals surface area contributed by atoms with E-state index in [1.165, 1.54) is 23.5 Å². The van der Waals surface area contributed by atoms with Crippen LogP contribution in [0.25, 0.3) is 10.2 Å². The Kier molecular flexibility index (Phi) is 4.05. The molecule has 3 aromatic rings. The number of aryl methyl sites for hydroxylation is 2. The summed E-state index contributed by atoms with van der Waals surface area (Å²) in [6.07, 6.45) is 0. The van der Waals surface area contributed by atoms with E-state index in [-0.39, 0.29) is 17.0 Å². The summed E-state index contributed by atoms with van der Waals surface area (Å²) in [4.78, 5) is 21.0. The lowest BCUT2D eigenvalue weighted by molar-refractivity contribution is 0.579. The zero-order valence-electron chi connectivity index (χ0n) is 12.6. The van der Waals surface area contributed by atoms with Gasteiger partial charge in [-0.15, -0.1) is 11.3 Å². The van der Waals surface area contributed by atoms with Crippen LogP contribution in [0.3, 0.4) is 0 Å². The van der Waals surface area contributed by atoms with Crippen molar-refractivity contribution >= 4 is 31.6 Å². The molecule has 0 bridgehead atoms. The maximum absolute atomic E-state index is 12.2. The summed E-state index contributed by atoms with van der Waals surface area (Å²) in [5, 5.41) is 0.571. The van der Waals surface area contributed by atoms with Crippen LogP contribution in [-0.4, -0.2) is 18.4 Å².